The van der Waals surface area contributed by atoms with Crippen LogP contribution < -0.4 is 10.6 Å². The average molecular weight is 283 g/mol. The second-order valence-corrected chi connectivity index (χ2v) is 4.47. The normalized spacial score (nSPS) is 10.6. The zero-order chi connectivity index (χ0) is 14.8. The molecule has 0 bridgehead atoms. The molecular formula is C15H14FN5. The number of rotatable bonds is 3. The minimum Gasteiger partial charge on any atom is -0.371 e. The molecule has 3 rings (SSSR count). The summed E-state index contributed by atoms with van der Waals surface area (Å²) in [4.78, 5) is 13.3. The number of aromatic nitrogens is 3. The molecule has 0 amide bonds. The first kappa shape index (κ1) is 13.2. The van der Waals surface area contributed by atoms with Crippen molar-refractivity contribution in [2.24, 2.45) is 0 Å². The van der Waals surface area contributed by atoms with Gasteiger partial charge in [0.05, 0.1) is 11.2 Å². The van der Waals surface area contributed by atoms with Crippen molar-refractivity contribution in [3.63, 3.8) is 0 Å². The Balaban J connectivity index is 2.17. The van der Waals surface area contributed by atoms with Crippen LogP contribution in [0.25, 0.3) is 22.3 Å². The molecule has 0 aliphatic rings. The Morgan fingerprint density at radius 2 is 1.62 bits per heavy atom. The maximum atomic E-state index is 13.0. The van der Waals surface area contributed by atoms with Gasteiger partial charge in [0.1, 0.15) is 11.3 Å². The van der Waals surface area contributed by atoms with Gasteiger partial charge in [0.15, 0.2) is 5.82 Å². The smallest absolute Gasteiger partial charge is 0.225 e. The first-order chi connectivity index (χ1) is 10.2. The summed E-state index contributed by atoms with van der Waals surface area (Å²) in [5, 5.41) is 5.93. The van der Waals surface area contributed by atoms with Gasteiger partial charge >= 0.3 is 0 Å². The van der Waals surface area contributed by atoms with Crippen LogP contribution in [0, 0.1) is 5.82 Å². The van der Waals surface area contributed by atoms with Crippen molar-refractivity contribution in [1.29, 1.82) is 0 Å². The molecular weight excluding hydrogens is 269 g/mol. The van der Waals surface area contributed by atoms with Gasteiger partial charge in [-0.15, -0.1) is 0 Å². The van der Waals surface area contributed by atoms with Crippen LogP contribution >= 0.6 is 0 Å². The lowest BCUT2D eigenvalue weighted by atomic mass is 10.1. The van der Waals surface area contributed by atoms with Crippen molar-refractivity contribution in [2.45, 2.75) is 0 Å². The molecule has 21 heavy (non-hydrogen) atoms. The van der Waals surface area contributed by atoms with E-state index in [1.165, 1.54) is 12.1 Å². The molecule has 0 fully saturated rings. The second-order valence-electron chi connectivity index (χ2n) is 4.47. The van der Waals surface area contributed by atoms with E-state index in [2.05, 4.69) is 25.6 Å². The SMILES string of the molecule is CNc1nc(NC)c2nc(-c3ccc(F)cc3)ccc2n1. The van der Waals surface area contributed by atoms with Crippen molar-refractivity contribution in [3.8, 4) is 11.3 Å². The molecule has 0 saturated carbocycles. The molecule has 2 heterocycles. The summed E-state index contributed by atoms with van der Waals surface area (Å²) >= 11 is 0. The van der Waals surface area contributed by atoms with E-state index in [-0.39, 0.29) is 5.82 Å². The average Bonchev–Trinajstić information content (AvgIpc) is 2.54. The fourth-order valence-electron chi connectivity index (χ4n) is 2.08. The van der Waals surface area contributed by atoms with Crippen LogP contribution in [0.15, 0.2) is 36.4 Å². The number of halogens is 1. The number of pyridine rings is 1. The molecule has 0 atom stereocenters. The highest BCUT2D eigenvalue weighted by Gasteiger charge is 2.09. The number of nitrogens with zero attached hydrogens (tertiary/aromatic N) is 3. The lowest BCUT2D eigenvalue weighted by Gasteiger charge is -2.08. The Bertz CT molecular complexity index is 786. The van der Waals surface area contributed by atoms with Crippen molar-refractivity contribution in [3.05, 3.63) is 42.2 Å². The number of fused-ring (bicyclic) bond motifs is 1. The number of hydrogen-bond acceptors (Lipinski definition) is 5. The van der Waals surface area contributed by atoms with Gasteiger partial charge in [-0.2, -0.15) is 4.98 Å². The Morgan fingerprint density at radius 1 is 0.857 bits per heavy atom. The third-order valence-electron chi connectivity index (χ3n) is 3.14. The zero-order valence-corrected chi connectivity index (χ0v) is 11.7. The third kappa shape index (κ3) is 2.47. The first-order valence-corrected chi connectivity index (χ1v) is 6.51. The van der Waals surface area contributed by atoms with E-state index in [1.807, 2.05) is 12.1 Å². The van der Waals surface area contributed by atoms with E-state index in [1.54, 1.807) is 26.2 Å². The van der Waals surface area contributed by atoms with E-state index in [0.29, 0.717) is 17.3 Å². The van der Waals surface area contributed by atoms with Crippen LogP contribution in [0.4, 0.5) is 16.2 Å². The minimum absolute atomic E-state index is 0.266. The van der Waals surface area contributed by atoms with Gasteiger partial charge in [0, 0.05) is 19.7 Å². The molecule has 0 unspecified atom stereocenters. The highest BCUT2D eigenvalue weighted by Crippen LogP contribution is 2.24. The summed E-state index contributed by atoms with van der Waals surface area (Å²) in [6, 6.07) is 9.98. The maximum Gasteiger partial charge on any atom is 0.225 e. The van der Waals surface area contributed by atoms with Gasteiger partial charge in [-0.05, 0) is 36.4 Å². The van der Waals surface area contributed by atoms with Gasteiger partial charge in [-0.3, -0.25) is 0 Å². The number of benzene rings is 1. The molecule has 2 N–H and O–H groups in total. The summed E-state index contributed by atoms with van der Waals surface area (Å²) in [6.45, 7) is 0. The number of anilines is 2. The van der Waals surface area contributed by atoms with Crippen molar-refractivity contribution in [1.82, 2.24) is 15.0 Å². The van der Waals surface area contributed by atoms with Gasteiger partial charge in [-0.25, -0.2) is 14.4 Å². The fourth-order valence-corrected chi connectivity index (χ4v) is 2.08. The van der Waals surface area contributed by atoms with Gasteiger partial charge < -0.3 is 10.6 Å². The first-order valence-electron chi connectivity index (χ1n) is 6.51. The molecule has 0 spiro atoms. The lowest BCUT2D eigenvalue weighted by Crippen LogP contribution is -2.03. The molecule has 6 heteroatoms. The Labute approximate surface area is 121 Å². The van der Waals surface area contributed by atoms with Crippen LogP contribution in [0.3, 0.4) is 0 Å². The van der Waals surface area contributed by atoms with Crippen LogP contribution in [0.1, 0.15) is 0 Å². The Morgan fingerprint density at radius 3 is 2.29 bits per heavy atom. The molecule has 0 radical (unpaired) electrons. The minimum atomic E-state index is -0.266. The third-order valence-corrected chi connectivity index (χ3v) is 3.14. The van der Waals surface area contributed by atoms with Gasteiger partial charge in [0.2, 0.25) is 5.95 Å². The quantitative estimate of drug-likeness (QED) is 0.774. The topological polar surface area (TPSA) is 62.7 Å². The summed E-state index contributed by atoms with van der Waals surface area (Å²) < 4.78 is 13.0. The second kappa shape index (κ2) is 5.32. The molecule has 0 aliphatic carbocycles. The predicted octanol–water partition coefficient (Wildman–Crippen LogP) is 2.91. The molecule has 3 aromatic rings. The van der Waals surface area contributed by atoms with E-state index in [9.17, 15) is 4.39 Å². The van der Waals surface area contributed by atoms with Crippen LogP contribution in [0.5, 0.6) is 0 Å². The van der Waals surface area contributed by atoms with Crippen molar-refractivity contribution in [2.75, 3.05) is 24.7 Å². The van der Waals surface area contributed by atoms with Crippen LogP contribution in [-0.4, -0.2) is 29.0 Å². The highest BCUT2D eigenvalue weighted by atomic mass is 19.1. The van der Waals surface area contributed by atoms with Crippen molar-refractivity contribution < 1.29 is 4.39 Å². The number of hydrogen-bond donors (Lipinski definition) is 2. The zero-order valence-electron chi connectivity index (χ0n) is 11.7. The van der Waals surface area contributed by atoms with Crippen LogP contribution in [0.2, 0.25) is 0 Å². The van der Waals surface area contributed by atoms with Gasteiger partial charge in [-0.1, -0.05) is 0 Å². The van der Waals surface area contributed by atoms with E-state index in [4.69, 9.17) is 0 Å². The summed E-state index contributed by atoms with van der Waals surface area (Å²) in [7, 11) is 3.55. The largest absolute Gasteiger partial charge is 0.371 e. The Hall–Kier alpha value is -2.76. The molecule has 0 saturated heterocycles. The van der Waals surface area contributed by atoms with E-state index in [0.717, 1.165) is 16.8 Å². The number of nitrogens with one attached hydrogen (secondary N) is 2. The summed E-state index contributed by atoms with van der Waals surface area (Å²) in [6.07, 6.45) is 0. The van der Waals surface area contributed by atoms with Crippen molar-refractivity contribution >= 4 is 22.8 Å². The maximum absolute atomic E-state index is 13.0. The fraction of sp³-hybridized carbons (Fsp3) is 0.133. The monoisotopic (exact) mass is 283 g/mol. The molecule has 5 nitrogen and oxygen atoms in total. The molecule has 106 valence electrons. The molecule has 2 aromatic heterocycles. The Kier molecular flexibility index (Phi) is 3.35. The van der Waals surface area contributed by atoms with Crippen LogP contribution in [-0.2, 0) is 0 Å². The van der Waals surface area contributed by atoms with E-state index >= 15 is 0 Å². The van der Waals surface area contributed by atoms with E-state index < -0.39 is 0 Å². The summed E-state index contributed by atoms with van der Waals surface area (Å²) in [5.74, 6) is 0.911. The lowest BCUT2D eigenvalue weighted by molar-refractivity contribution is 0.628. The molecule has 1 aromatic carbocycles. The standard InChI is InChI=1S/C15H14FN5/c1-17-14-13-12(20-15(18-2)21-14)8-7-11(19-13)9-3-5-10(16)6-4-9/h3-8H,1-2H3,(H2,17,18,20,21). The summed E-state index contributed by atoms with van der Waals surface area (Å²) in [5.41, 5.74) is 3.01. The highest BCUT2D eigenvalue weighted by molar-refractivity contribution is 5.88. The molecule has 0 aliphatic heterocycles. The predicted molar refractivity (Wildman–Crippen MR) is 81.8 cm³/mol. The van der Waals surface area contributed by atoms with Gasteiger partial charge in [0.25, 0.3) is 0 Å².